The zero-order valence-electron chi connectivity index (χ0n) is 22.3. The Kier molecular flexibility index (Phi) is 8.84. The summed E-state index contributed by atoms with van der Waals surface area (Å²) >= 11 is 5.69. The van der Waals surface area contributed by atoms with Gasteiger partial charge >= 0.3 is 0 Å². The van der Waals surface area contributed by atoms with E-state index in [-0.39, 0.29) is 23.3 Å². The molecule has 214 valence electrons. The lowest BCUT2D eigenvalue weighted by Crippen LogP contribution is -2.47. The van der Waals surface area contributed by atoms with Gasteiger partial charge in [-0.1, -0.05) is 0 Å². The number of amides is 2. The Balaban J connectivity index is 1.22. The molecule has 0 spiro atoms. The molecule has 0 saturated carbocycles. The summed E-state index contributed by atoms with van der Waals surface area (Å²) in [7, 11) is 0. The van der Waals surface area contributed by atoms with Crippen LogP contribution in [0, 0.1) is 17.5 Å². The standard InChI is InChI=1S/C30H30F3N5O2S/c31-21-2-8-24(9-3-21)34-28(39)20-27-29(40)38(26-12-6-23(33)7-13-26)30(41)37(27)15-1-14-35-16-18-36(19-17-35)25-10-4-22(32)5-11-25/h2-13,27H,1,14-20H2,(H,34,39)/t27-/m0/s1. The number of benzene rings is 3. The second-order valence-corrected chi connectivity index (χ2v) is 10.4. The van der Waals surface area contributed by atoms with E-state index in [0.29, 0.717) is 24.3 Å². The lowest BCUT2D eigenvalue weighted by Gasteiger charge is -2.36. The Hall–Kier alpha value is -3.96. The molecule has 0 unspecified atom stereocenters. The second kappa shape index (κ2) is 12.7. The first-order chi connectivity index (χ1) is 19.8. The summed E-state index contributed by atoms with van der Waals surface area (Å²) in [4.78, 5) is 34.1. The normalized spacial score (nSPS) is 17.8. The molecule has 0 aliphatic carbocycles. The zero-order valence-corrected chi connectivity index (χ0v) is 23.1. The molecule has 2 heterocycles. The van der Waals surface area contributed by atoms with Gasteiger partial charge in [0, 0.05) is 44.1 Å². The fourth-order valence-corrected chi connectivity index (χ4v) is 5.60. The van der Waals surface area contributed by atoms with Gasteiger partial charge < -0.3 is 15.1 Å². The van der Waals surface area contributed by atoms with Crippen molar-refractivity contribution in [2.45, 2.75) is 18.9 Å². The average molecular weight is 582 g/mol. The molecule has 1 N–H and O–H groups in total. The third kappa shape index (κ3) is 6.86. The van der Waals surface area contributed by atoms with E-state index in [1.807, 2.05) is 0 Å². The number of rotatable bonds is 9. The van der Waals surface area contributed by atoms with Crippen LogP contribution >= 0.6 is 12.2 Å². The van der Waals surface area contributed by atoms with Gasteiger partial charge in [0.2, 0.25) is 5.91 Å². The van der Waals surface area contributed by atoms with Crippen LogP contribution in [0.3, 0.4) is 0 Å². The van der Waals surface area contributed by atoms with Crippen LogP contribution in [0.25, 0.3) is 0 Å². The Labute approximate surface area is 242 Å². The van der Waals surface area contributed by atoms with Crippen LogP contribution in [0.4, 0.5) is 30.2 Å². The first-order valence-corrected chi connectivity index (χ1v) is 13.9. The molecule has 0 aromatic heterocycles. The van der Waals surface area contributed by atoms with Crippen molar-refractivity contribution < 1.29 is 22.8 Å². The van der Waals surface area contributed by atoms with E-state index in [1.54, 1.807) is 17.0 Å². The van der Waals surface area contributed by atoms with Crippen molar-refractivity contribution in [3.05, 3.63) is 90.2 Å². The highest BCUT2D eigenvalue weighted by Crippen LogP contribution is 2.28. The number of hydrogen-bond donors (Lipinski definition) is 1. The van der Waals surface area contributed by atoms with E-state index in [9.17, 15) is 22.8 Å². The Morgan fingerprint density at radius 2 is 1.32 bits per heavy atom. The van der Waals surface area contributed by atoms with Crippen molar-refractivity contribution >= 4 is 46.2 Å². The molecule has 41 heavy (non-hydrogen) atoms. The van der Waals surface area contributed by atoms with Crippen LogP contribution in [-0.4, -0.2) is 72.0 Å². The number of nitrogens with one attached hydrogen (secondary N) is 1. The van der Waals surface area contributed by atoms with Crippen LogP contribution in [0.5, 0.6) is 0 Å². The van der Waals surface area contributed by atoms with Crippen molar-refractivity contribution in [3.63, 3.8) is 0 Å². The van der Waals surface area contributed by atoms with E-state index in [1.165, 1.54) is 65.6 Å². The highest BCUT2D eigenvalue weighted by Gasteiger charge is 2.44. The maximum Gasteiger partial charge on any atom is 0.256 e. The number of thiocarbonyl (C=S) groups is 1. The van der Waals surface area contributed by atoms with E-state index in [0.717, 1.165) is 38.4 Å². The van der Waals surface area contributed by atoms with Crippen LogP contribution in [0.1, 0.15) is 12.8 Å². The minimum atomic E-state index is -0.830. The molecule has 11 heteroatoms. The lowest BCUT2D eigenvalue weighted by atomic mass is 10.1. The summed E-state index contributed by atoms with van der Waals surface area (Å²) in [6.07, 6.45) is 0.557. The summed E-state index contributed by atoms with van der Waals surface area (Å²) in [6.45, 7) is 4.54. The van der Waals surface area contributed by atoms with Crippen LogP contribution in [0.15, 0.2) is 72.8 Å². The van der Waals surface area contributed by atoms with Crippen molar-refractivity contribution in [2.75, 3.05) is 54.4 Å². The molecule has 2 aliphatic rings. The monoisotopic (exact) mass is 581 g/mol. The predicted octanol–water partition coefficient (Wildman–Crippen LogP) is 4.65. The highest BCUT2D eigenvalue weighted by molar-refractivity contribution is 7.80. The SMILES string of the molecule is O=C(C[C@H]1C(=O)N(c2ccc(F)cc2)C(=S)N1CCCN1CCN(c2ccc(F)cc2)CC1)Nc1ccc(F)cc1. The number of nitrogens with zero attached hydrogens (tertiary/aromatic N) is 4. The zero-order chi connectivity index (χ0) is 28.9. The fourth-order valence-electron chi connectivity index (χ4n) is 5.18. The largest absolute Gasteiger partial charge is 0.369 e. The molecular formula is C30H30F3N5O2S. The fraction of sp³-hybridized carbons (Fsp3) is 0.300. The summed E-state index contributed by atoms with van der Waals surface area (Å²) in [6, 6.07) is 16.6. The van der Waals surface area contributed by atoms with Gasteiger partial charge in [0.05, 0.1) is 12.1 Å². The molecule has 3 aromatic rings. The Morgan fingerprint density at radius 3 is 1.90 bits per heavy atom. The van der Waals surface area contributed by atoms with Gasteiger partial charge in [-0.2, -0.15) is 0 Å². The third-order valence-electron chi connectivity index (χ3n) is 7.35. The summed E-state index contributed by atoms with van der Waals surface area (Å²) in [5.74, 6) is -1.87. The van der Waals surface area contributed by atoms with Gasteiger partial charge in [-0.25, -0.2) is 13.2 Å². The number of piperazine rings is 1. The second-order valence-electron chi connectivity index (χ2n) is 10.1. The third-order valence-corrected chi connectivity index (χ3v) is 7.76. The van der Waals surface area contributed by atoms with Gasteiger partial charge in [0.25, 0.3) is 5.91 Å². The maximum absolute atomic E-state index is 13.6. The minimum absolute atomic E-state index is 0.148. The van der Waals surface area contributed by atoms with E-state index in [2.05, 4.69) is 15.1 Å². The molecule has 2 amide bonds. The van der Waals surface area contributed by atoms with Crippen LogP contribution < -0.4 is 15.1 Å². The van der Waals surface area contributed by atoms with Gasteiger partial charge in [-0.05, 0) is 98.0 Å². The van der Waals surface area contributed by atoms with E-state index in [4.69, 9.17) is 12.2 Å². The van der Waals surface area contributed by atoms with Gasteiger partial charge in [0.1, 0.15) is 23.5 Å². The molecule has 0 radical (unpaired) electrons. The van der Waals surface area contributed by atoms with E-state index < -0.39 is 23.6 Å². The molecule has 2 saturated heterocycles. The van der Waals surface area contributed by atoms with Crippen molar-refractivity contribution in [3.8, 4) is 0 Å². The predicted molar refractivity (Wildman–Crippen MR) is 156 cm³/mol. The van der Waals surface area contributed by atoms with E-state index >= 15 is 0 Å². The molecule has 7 nitrogen and oxygen atoms in total. The molecule has 1 atom stereocenters. The molecular weight excluding hydrogens is 551 g/mol. The van der Waals surface area contributed by atoms with Crippen molar-refractivity contribution in [1.82, 2.24) is 9.80 Å². The molecule has 2 fully saturated rings. The molecule has 3 aromatic carbocycles. The Bertz CT molecular complexity index is 1380. The van der Waals surface area contributed by atoms with Crippen molar-refractivity contribution in [1.29, 1.82) is 0 Å². The summed E-state index contributed by atoms with van der Waals surface area (Å²) in [5, 5.41) is 2.98. The number of anilines is 3. The van der Waals surface area contributed by atoms with Gasteiger partial charge in [-0.15, -0.1) is 0 Å². The first kappa shape index (κ1) is 28.6. The lowest BCUT2D eigenvalue weighted by molar-refractivity contribution is -0.124. The number of halogens is 3. The summed E-state index contributed by atoms with van der Waals surface area (Å²) in [5.41, 5.74) is 1.85. The number of carbonyl (C=O) groups is 2. The maximum atomic E-state index is 13.6. The molecule has 0 bridgehead atoms. The quantitative estimate of drug-likeness (QED) is 0.372. The average Bonchev–Trinajstić information content (AvgIpc) is 3.19. The van der Waals surface area contributed by atoms with Crippen molar-refractivity contribution in [2.24, 2.45) is 0 Å². The highest BCUT2D eigenvalue weighted by atomic mass is 32.1. The van der Waals surface area contributed by atoms with Gasteiger partial charge in [0.15, 0.2) is 5.11 Å². The minimum Gasteiger partial charge on any atom is -0.369 e. The molecule has 2 aliphatic heterocycles. The Morgan fingerprint density at radius 1 is 0.780 bits per heavy atom. The topological polar surface area (TPSA) is 59.1 Å². The summed E-state index contributed by atoms with van der Waals surface area (Å²) < 4.78 is 40.1. The smallest absolute Gasteiger partial charge is 0.256 e. The molecule has 5 rings (SSSR count). The van der Waals surface area contributed by atoms with Crippen LogP contribution in [0.2, 0.25) is 0 Å². The van der Waals surface area contributed by atoms with Crippen LogP contribution in [-0.2, 0) is 9.59 Å². The first-order valence-electron chi connectivity index (χ1n) is 13.5. The number of hydrogen-bond acceptors (Lipinski definition) is 5. The van der Waals surface area contributed by atoms with Gasteiger partial charge in [-0.3, -0.25) is 19.4 Å². The number of carbonyl (C=O) groups excluding carboxylic acids is 2.